The molecule has 0 heterocycles. The van der Waals surface area contributed by atoms with E-state index in [0.29, 0.717) is 23.9 Å². The maximum absolute atomic E-state index is 11.7. The highest BCUT2D eigenvalue weighted by atomic mass is 32.2. The number of nitrogens with one attached hydrogen (secondary N) is 2. The van der Waals surface area contributed by atoms with Crippen LogP contribution < -0.4 is 15.5 Å². The smallest absolute Gasteiger partial charge is 0.191 e. The van der Waals surface area contributed by atoms with Crippen LogP contribution >= 0.6 is 0 Å². The van der Waals surface area contributed by atoms with E-state index in [1.807, 2.05) is 39.2 Å². The highest BCUT2D eigenvalue weighted by Gasteiger charge is 2.11. The molecule has 0 saturated heterocycles. The van der Waals surface area contributed by atoms with Gasteiger partial charge in [0.1, 0.15) is 0 Å². The largest absolute Gasteiger partial charge is 0.378 e. The van der Waals surface area contributed by atoms with Crippen LogP contribution in [0, 0.1) is 6.92 Å². The lowest BCUT2D eigenvalue weighted by atomic mass is 10.1. The zero-order valence-corrected chi connectivity index (χ0v) is 17.4. The Morgan fingerprint density at radius 3 is 2.19 bits per heavy atom. The summed E-state index contributed by atoms with van der Waals surface area (Å²) in [6, 6.07) is 13.7. The first-order chi connectivity index (χ1) is 12.7. The first kappa shape index (κ1) is 20.8. The number of anilines is 1. The highest BCUT2D eigenvalue weighted by Crippen LogP contribution is 2.16. The second kappa shape index (κ2) is 8.90. The van der Waals surface area contributed by atoms with E-state index < -0.39 is 9.84 Å². The SMILES string of the molecule is CN=C(NCc1cccc(N(C)C)c1)NCc1ccc(S(C)(=O)=O)c(C)c1. The maximum atomic E-state index is 11.7. The summed E-state index contributed by atoms with van der Waals surface area (Å²) in [5, 5.41) is 6.55. The van der Waals surface area contributed by atoms with E-state index in [0.717, 1.165) is 22.4 Å². The van der Waals surface area contributed by atoms with Crippen molar-refractivity contribution in [2.45, 2.75) is 24.9 Å². The number of guanidine groups is 1. The minimum atomic E-state index is -3.20. The molecule has 0 amide bonds. The van der Waals surface area contributed by atoms with Crippen LogP contribution in [-0.2, 0) is 22.9 Å². The lowest BCUT2D eigenvalue weighted by Gasteiger charge is -2.15. The van der Waals surface area contributed by atoms with E-state index in [1.54, 1.807) is 13.1 Å². The predicted molar refractivity (Wildman–Crippen MR) is 112 cm³/mol. The lowest BCUT2D eigenvalue weighted by molar-refractivity contribution is 0.601. The molecule has 6 nitrogen and oxygen atoms in total. The molecule has 0 fully saturated rings. The van der Waals surface area contributed by atoms with E-state index in [-0.39, 0.29) is 0 Å². The number of hydrogen-bond acceptors (Lipinski definition) is 4. The van der Waals surface area contributed by atoms with Gasteiger partial charge in [-0.15, -0.1) is 0 Å². The quantitative estimate of drug-likeness (QED) is 0.587. The molecule has 0 saturated carbocycles. The summed E-state index contributed by atoms with van der Waals surface area (Å²) in [7, 11) is 2.57. The number of hydrogen-bond donors (Lipinski definition) is 2. The molecule has 146 valence electrons. The Morgan fingerprint density at radius 1 is 1.04 bits per heavy atom. The first-order valence-electron chi connectivity index (χ1n) is 8.71. The zero-order chi connectivity index (χ0) is 20.0. The van der Waals surface area contributed by atoms with E-state index in [1.165, 1.54) is 6.26 Å². The minimum Gasteiger partial charge on any atom is -0.378 e. The molecule has 0 aliphatic heterocycles. The Morgan fingerprint density at radius 2 is 1.67 bits per heavy atom. The summed E-state index contributed by atoms with van der Waals surface area (Å²) >= 11 is 0. The molecular formula is C20H28N4O2S. The van der Waals surface area contributed by atoms with Crippen molar-refractivity contribution < 1.29 is 8.42 Å². The number of rotatable bonds is 6. The summed E-state index contributed by atoms with van der Waals surface area (Å²) in [6.07, 6.45) is 1.23. The molecule has 0 atom stereocenters. The van der Waals surface area contributed by atoms with Crippen molar-refractivity contribution in [2.75, 3.05) is 32.3 Å². The van der Waals surface area contributed by atoms with Gasteiger partial charge in [0.15, 0.2) is 15.8 Å². The van der Waals surface area contributed by atoms with Crippen molar-refractivity contribution in [3.8, 4) is 0 Å². The third-order valence-corrected chi connectivity index (χ3v) is 5.47. The second-order valence-electron chi connectivity index (χ2n) is 6.72. The monoisotopic (exact) mass is 388 g/mol. The van der Waals surface area contributed by atoms with Gasteiger partial charge in [0, 0.05) is 46.2 Å². The highest BCUT2D eigenvalue weighted by molar-refractivity contribution is 7.90. The van der Waals surface area contributed by atoms with Gasteiger partial charge >= 0.3 is 0 Å². The molecule has 2 aromatic carbocycles. The lowest BCUT2D eigenvalue weighted by Crippen LogP contribution is -2.36. The topological polar surface area (TPSA) is 73.8 Å². The van der Waals surface area contributed by atoms with Crippen molar-refractivity contribution in [3.05, 3.63) is 59.2 Å². The molecule has 2 aromatic rings. The average molecular weight is 389 g/mol. The fourth-order valence-electron chi connectivity index (χ4n) is 2.77. The fourth-order valence-corrected chi connectivity index (χ4v) is 3.73. The molecular weight excluding hydrogens is 360 g/mol. The Bertz CT molecular complexity index is 921. The van der Waals surface area contributed by atoms with Crippen LogP contribution in [0.3, 0.4) is 0 Å². The van der Waals surface area contributed by atoms with Gasteiger partial charge in [-0.1, -0.05) is 24.3 Å². The van der Waals surface area contributed by atoms with Crippen molar-refractivity contribution in [1.82, 2.24) is 10.6 Å². The van der Waals surface area contributed by atoms with Gasteiger partial charge < -0.3 is 15.5 Å². The van der Waals surface area contributed by atoms with Gasteiger partial charge in [0.25, 0.3) is 0 Å². The first-order valence-corrected chi connectivity index (χ1v) is 10.6. The molecule has 2 rings (SSSR count). The average Bonchev–Trinajstić information content (AvgIpc) is 2.61. The summed E-state index contributed by atoms with van der Waals surface area (Å²) in [5.74, 6) is 0.690. The van der Waals surface area contributed by atoms with E-state index >= 15 is 0 Å². The third-order valence-electron chi connectivity index (χ3n) is 4.21. The molecule has 0 aliphatic carbocycles. The summed E-state index contributed by atoms with van der Waals surface area (Å²) < 4.78 is 23.4. The van der Waals surface area contributed by atoms with Crippen molar-refractivity contribution in [3.63, 3.8) is 0 Å². The summed E-state index contributed by atoms with van der Waals surface area (Å²) in [4.78, 5) is 6.68. The van der Waals surface area contributed by atoms with Gasteiger partial charge in [-0.3, -0.25) is 4.99 Å². The van der Waals surface area contributed by atoms with Gasteiger partial charge in [0.2, 0.25) is 0 Å². The molecule has 7 heteroatoms. The number of nitrogens with zero attached hydrogens (tertiary/aromatic N) is 2. The van der Waals surface area contributed by atoms with Crippen LogP contribution in [0.2, 0.25) is 0 Å². The molecule has 0 aromatic heterocycles. The minimum absolute atomic E-state index is 0.370. The van der Waals surface area contributed by atoms with E-state index in [9.17, 15) is 8.42 Å². The van der Waals surface area contributed by atoms with Crippen LogP contribution in [0.4, 0.5) is 5.69 Å². The summed E-state index contributed by atoms with van der Waals surface area (Å²) in [5.41, 5.74) is 4.06. The van der Waals surface area contributed by atoms with Crippen molar-refractivity contribution in [2.24, 2.45) is 4.99 Å². The normalized spacial score (nSPS) is 12.0. The Hall–Kier alpha value is -2.54. The van der Waals surface area contributed by atoms with E-state index in [2.05, 4.69) is 38.7 Å². The predicted octanol–water partition coefficient (Wildman–Crippen LogP) is 2.33. The third kappa shape index (κ3) is 5.99. The van der Waals surface area contributed by atoms with Crippen LogP contribution in [-0.4, -0.2) is 41.8 Å². The molecule has 0 radical (unpaired) electrons. The number of benzene rings is 2. The van der Waals surface area contributed by atoms with Crippen LogP contribution in [0.5, 0.6) is 0 Å². The Kier molecular flexibility index (Phi) is 6.85. The molecule has 0 aliphatic rings. The zero-order valence-electron chi connectivity index (χ0n) is 16.6. The summed E-state index contributed by atoms with van der Waals surface area (Å²) in [6.45, 7) is 3.03. The molecule has 0 unspecified atom stereocenters. The van der Waals surface area contributed by atoms with Gasteiger partial charge in [-0.05, 0) is 41.8 Å². The Labute approximate surface area is 162 Å². The number of sulfone groups is 1. The van der Waals surface area contributed by atoms with Crippen molar-refractivity contribution >= 4 is 21.5 Å². The van der Waals surface area contributed by atoms with E-state index in [4.69, 9.17) is 0 Å². The van der Waals surface area contributed by atoms with Crippen molar-refractivity contribution in [1.29, 1.82) is 0 Å². The molecule has 2 N–H and O–H groups in total. The fraction of sp³-hybridized carbons (Fsp3) is 0.350. The number of aryl methyl sites for hydroxylation is 1. The second-order valence-corrected chi connectivity index (χ2v) is 8.70. The molecule has 0 spiro atoms. The standard InChI is InChI=1S/C20H28N4O2S/c1-15-11-17(9-10-19(15)27(5,25)26)14-23-20(21-2)22-13-16-7-6-8-18(12-16)24(3)4/h6-12H,13-14H2,1-5H3,(H2,21,22,23). The van der Waals surface area contributed by atoms with Gasteiger partial charge in [-0.25, -0.2) is 8.42 Å². The van der Waals surface area contributed by atoms with Gasteiger partial charge in [0.05, 0.1) is 4.90 Å². The molecule has 0 bridgehead atoms. The molecule has 27 heavy (non-hydrogen) atoms. The Balaban J connectivity index is 1.96. The maximum Gasteiger partial charge on any atom is 0.191 e. The van der Waals surface area contributed by atoms with Crippen LogP contribution in [0.1, 0.15) is 16.7 Å². The van der Waals surface area contributed by atoms with Crippen LogP contribution in [0.25, 0.3) is 0 Å². The number of aliphatic imine (C=N–C) groups is 1. The van der Waals surface area contributed by atoms with Gasteiger partial charge in [-0.2, -0.15) is 0 Å². The van der Waals surface area contributed by atoms with Crippen LogP contribution in [0.15, 0.2) is 52.4 Å².